The molecule has 1 heterocycles. The van der Waals surface area contributed by atoms with E-state index in [0.717, 1.165) is 12.0 Å². The number of hydrogen-bond donors (Lipinski definition) is 1. The van der Waals surface area contributed by atoms with Gasteiger partial charge in [0.25, 0.3) is 0 Å². The molecule has 1 aliphatic carbocycles. The van der Waals surface area contributed by atoms with Crippen LogP contribution in [0.5, 0.6) is 0 Å². The minimum Gasteiger partial charge on any atom is -0.312 e. The van der Waals surface area contributed by atoms with Crippen molar-refractivity contribution in [2.24, 2.45) is 11.3 Å². The van der Waals surface area contributed by atoms with E-state index >= 15 is 0 Å². The topological polar surface area (TPSA) is 15.3 Å². The van der Waals surface area contributed by atoms with Crippen LogP contribution in [0.4, 0.5) is 0 Å². The van der Waals surface area contributed by atoms with Gasteiger partial charge >= 0.3 is 0 Å². The van der Waals surface area contributed by atoms with Crippen LogP contribution >= 0.6 is 0 Å². The van der Waals surface area contributed by atoms with Crippen molar-refractivity contribution in [2.75, 3.05) is 19.6 Å². The molecule has 0 bridgehead atoms. The monoisotopic (exact) mass is 280 g/mol. The van der Waals surface area contributed by atoms with Gasteiger partial charge in [-0.05, 0) is 57.0 Å². The second kappa shape index (κ2) is 7.26. The van der Waals surface area contributed by atoms with Crippen molar-refractivity contribution in [1.29, 1.82) is 0 Å². The Kier molecular flexibility index (Phi) is 5.92. The molecule has 0 amide bonds. The van der Waals surface area contributed by atoms with Gasteiger partial charge in [-0.2, -0.15) is 0 Å². The maximum Gasteiger partial charge on any atom is 0.0192 e. The zero-order valence-electron chi connectivity index (χ0n) is 14.3. The fourth-order valence-corrected chi connectivity index (χ4v) is 4.22. The van der Waals surface area contributed by atoms with Crippen LogP contribution < -0.4 is 5.32 Å². The third-order valence-electron chi connectivity index (χ3n) is 5.57. The maximum absolute atomic E-state index is 3.93. The second-order valence-corrected chi connectivity index (χ2v) is 8.22. The Labute approximate surface area is 126 Å². The smallest absolute Gasteiger partial charge is 0.0192 e. The van der Waals surface area contributed by atoms with E-state index in [9.17, 15) is 0 Å². The van der Waals surface area contributed by atoms with Gasteiger partial charge in [-0.3, -0.25) is 4.90 Å². The van der Waals surface area contributed by atoms with Gasteiger partial charge in [0.2, 0.25) is 0 Å². The number of nitrogens with one attached hydrogen (secondary N) is 1. The van der Waals surface area contributed by atoms with Crippen LogP contribution in [-0.4, -0.2) is 36.6 Å². The summed E-state index contributed by atoms with van der Waals surface area (Å²) in [6.07, 6.45) is 9.89. The Morgan fingerprint density at radius 3 is 2.30 bits per heavy atom. The molecule has 0 aromatic rings. The second-order valence-electron chi connectivity index (χ2n) is 8.22. The minimum atomic E-state index is 0.451. The van der Waals surface area contributed by atoms with Crippen molar-refractivity contribution in [3.05, 3.63) is 0 Å². The summed E-state index contributed by atoms with van der Waals surface area (Å²) in [5.41, 5.74) is 0.451. The highest BCUT2D eigenvalue weighted by molar-refractivity contribution is 4.89. The van der Waals surface area contributed by atoms with Crippen molar-refractivity contribution in [2.45, 2.75) is 84.7 Å². The van der Waals surface area contributed by atoms with Gasteiger partial charge in [-0.1, -0.05) is 40.0 Å². The van der Waals surface area contributed by atoms with Crippen molar-refractivity contribution in [3.8, 4) is 0 Å². The van der Waals surface area contributed by atoms with Crippen LogP contribution in [0.2, 0.25) is 0 Å². The molecule has 1 saturated carbocycles. The highest BCUT2D eigenvalue weighted by atomic mass is 15.2. The van der Waals surface area contributed by atoms with Gasteiger partial charge in [0, 0.05) is 18.6 Å². The van der Waals surface area contributed by atoms with Gasteiger partial charge in [0.05, 0.1) is 0 Å². The number of nitrogens with zero attached hydrogens (tertiary/aromatic N) is 1. The predicted molar refractivity (Wildman–Crippen MR) is 88.1 cm³/mol. The van der Waals surface area contributed by atoms with Gasteiger partial charge in [-0.15, -0.1) is 0 Å². The molecular formula is C18H36N2. The average molecular weight is 281 g/mol. The minimum absolute atomic E-state index is 0.451. The van der Waals surface area contributed by atoms with Crippen LogP contribution in [0.25, 0.3) is 0 Å². The zero-order valence-corrected chi connectivity index (χ0v) is 14.3. The first-order chi connectivity index (χ1) is 9.48. The highest BCUT2D eigenvalue weighted by Crippen LogP contribution is 2.37. The van der Waals surface area contributed by atoms with E-state index in [4.69, 9.17) is 0 Å². The van der Waals surface area contributed by atoms with E-state index in [1.165, 1.54) is 64.6 Å². The normalized spacial score (nSPS) is 31.2. The molecule has 2 rings (SSSR count). The lowest BCUT2D eigenvalue weighted by molar-refractivity contribution is 0.115. The molecule has 0 aromatic heterocycles. The summed E-state index contributed by atoms with van der Waals surface area (Å²) >= 11 is 0. The molecule has 2 aliphatic rings. The van der Waals surface area contributed by atoms with Crippen molar-refractivity contribution >= 4 is 0 Å². The average Bonchev–Trinajstić information content (AvgIpc) is 2.45. The number of rotatable bonds is 4. The van der Waals surface area contributed by atoms with Crippen LogP contribution in [-0.2, 0) is 0 Å². The molecule has 2 nitrogen and oxygen atoms in total. The van der Waals surface area contributed by atoms with Gasteiger partial charge < -0.3 is 5.32 Å². The van der Waals surface area contributed by atoms with Crippen LogP contribution in [0.15, 0.2) is 0 Å². The first kappa shape index (κ1) is 16.3. The molecule has 2 fully saturated rings. The molecule has 1 N–H and O–H groups in total. The van der Waals surface area contributed by atoms with Crippen molar-refractivity contribution < 1.29 is 0 Å². The molecule has 2 heteroatoms. The van der Waals surface area contributed by atoms with Gasteiger partial charge in [0.15, 0.2) is 0 Å². The quantitative estimate of drug-likeness (QED) is 0.835. The largest absolute Gasteiger partial charge is 0.312 e. The summed E-state index contributed by atoms with van der Waals surface area (Å²) < 4.78 is 0. The molecule has 0 radical (unpaired) electrons. The fourth-order valence-electron chi connectivity index (χ4n) is 4.22. The fraction of sp³-hybridized carbons (Fsp3) is 1.00. The van der Waals surface area contributed by atoms with Gasteiger partial charge in [-0.25, -0.2) is 0 Å². The summed E-state index contributed by atoms with van der Waals surface area (Å²) in [4.78, 5) is 2.69. The Morgan fingerprint density at radius 1 is 1.00 bits per heavy atom. The summed E-state index contributed by atoms with van der Waals surface area (Å²) in [6.45, 7) is 13.5. The number of likely N-dealkylation sites (tertiary alicyclic amines) is 1. The summed E-state index contributed by atoms with van der Waals surface area (Å²) in [5.74, 6) is 0.852. The van der Waals surface area contributed by atoms with Crippen molar-refractivity contribution in [1.82, 2.24) is 10.2 Å². The molecule has 3 atom stereocenters. The first-order valence-corrected chi connectivity index (χ1v) is 8.96. The summed E-state index contributed by atoms with van der Waals surface area (Å²) in [6, 6.07) is 1.45. The van der Waals surface area contributed by atoms with E-state index in [-0.39, 0.29) is 0 Å². The number of piperidine rings is 1. The molecular weight excluding hydrogens is 244 g/mol. The van der Waals surface area contributed by atoms with Crippen molar-refractivity contribution in [3.63, 3.8) is 0 Å². The van der Waals surface area contributed by atoms with E-state index in [0.29, 0.717) is 11.5 Å². The Morgan fingerprint density at radius 2 is 1.65 bits per heavy atom. The molecule has 118 valence electrons. The van der Waals surface area contributed by atoms with E-state index in [1.54, 1.807) is 0 Å². The third-order valence-corrected chi connectivity index (χ3v) is 5.57. The molecule has 1 saturated heterocycles. The molecule has 1 aliphatic heterocycles. The maximum atomic E-state index is 3.93. The summed E-state index contributed by atoms with van der Waals surface area (Å²) in [5, 5.41) is 3.93. The lowest BCUT2D eigenvalue weighted by Crippen LogP contribution is -2.50. The highest BCUT2D eigenvalue weighted by Gasteiger charge is 2.34. The SMILES string of the molecule is CC(CNC1CCCCC1C(C)(C)C)N1CCCCC1. The van der Waals surface area contributed by atoms with Gasteiger partial charge in [0.1, 0.15) is 0 Å². The molecule has 3 unspecified atom stereocenters. The molecule has 0 spiro atoms. The lowest BCUT2D eigenvalue weighted by atomic mass is 9.69. The molecule has 0 aromatic carbocycles. The van der Waals surface area contributed by atoms with Crippen LogP contribution in [0, 0.1) is 11.3 Å². The zero-order chi connectivity index (χ0) is 14.6. The lowest BCUT2D eigenvalue weighted by Gasteiger charge is -2.42. The predicted octanol–water partition coefficient (Wildman–Crippen LogP) is 4.06. The van der Waals surface area contributed by atoms with Crippen LogP contribution in [0.3, 0.4) is 0 Å². The number of hydrogen-bond acceptors (Lipinski definition) is 2. The first-order valence-electron chi connectivity index (χ1n) is 8.96. The van der Waals surface area contributed by atoms with Crippen LogP contribution in [0.1, 0.15) is 72.6 Å². The standard InChI is InChI=1S/C18H36N2/c1-15(20-12-8-5-9-13-20)14-19-17-11-7-6-10-16(17)18(2,3)4/h15-17,19H,5-14H2,1-4H3. The summed E-state index contributed by atoms with van der Waals surface area (Å²) in [7, 11) is 0. The Balaban J connectivity index is 1.81. The van der Waals surface area contributed by atoms with E-state index < -0.39 is 0 Å². The Hall–Kier alpha value is -0.0800. The Bertz CT molecular complexity index is 276. The van der Waals surface area contributed by atoms with E-state index in [1.807, 2.05) is 0 Å². The third kappa shape index (κ3) is 4.46. The molecule has 20 heavy (non-hydrogen) atoms. The van der Waals surface area contributed by atoms with E-state index in [2.05, 4.69) is 37.9 Å².